The Bertz CT molecular complexity index is 473. The third kappa shape index (κ3) is 12.9. The van der Waals surface area contributed by atoms with Crippen LogP contribution >= 0.6 is 0 Å². The van der Waals surface area contributed by atoms with Gasteiger partial charge in [-0.05, 0) is 58.5 Å². The van der Waals surface area contributed by atoms with Crippen molar-refractivity contribution in [2.75, 3.05) is 27.2 Å². The number of allylic oxidation sites excluding steroid dienone is 1. The highest BCUT2D eigenvalue weighted by atomic mass is 16.5. The SMILES string of the molecule is CCCCCCCC[C@H]1CCC(=O)[C@@H]1CCCCC=CC(=O)OCCCN(C)C. The topological polar surface area (TPSA) is 46.6 Å². The van der Waals surface area contributed by atoms with Crippen molar-refractivity contribution in [1.82, 2.24) is 4.90 Å². The van der Waals surface area contributed by atoms with E-state index >= 15 is 0 Å². The van der Waals surface area contributed by atoms with E-state index in [9.17, 15) is 9.59 Å². The summed E-state index contributed by atoms with van der Waals surface area (Å²) in [6, 6.07) is 0. The van der Waals surface area contributed by atoms with Crippen LogP contribution in [0.4, 0.5) is 0 Å². The smallest absolute Gasteiger partial charge is 0.330 e. The van der Waals surface area contributed by atoms with Crippen molar-refractivity contribution in [1.29, 1.82) is 0 Å². The van der Waals surface area contributed by atoms with Crippen molar-refractivity contribution in [2.45, 2.75) is 96.8 Å². The molecule has 0 spiro atoms. The van der Waals surface area contributed by atoms with Crippen molar-refractivity contribution in [2.24, 2.45) is 11.8 Å². The maximum Gasteiger partial charge on any atom is 0.330 e. The Hall–Kier alpha value is -1.16. The second-order valence-corrected chi connectivity index (χ2v) is 8.94. The molecule has 0 heterocycles. The first kappa shape index (κ1) is 25.9. The number of unbranched alkanes of at least 4 members (excludes halogenated alkanes) is 7. The predicted molar refractivity (Wildman–Crippen MR) is 121 cm³/mol. The lowest BCUT2D eigenvalue weighted by Gasteiger charge is -2.18. The van der Waals surface area contributed by atoms with Gasteiger partial charge in [0.25, 0.3) is 0 Å². The quantitative estimate of drug-likeness (QED) is 0.170. The maximum atomic E-state index is 12.3. The van der Waals surface area contributed by atoms with Crippen LogP contribution in [0.1, 0.15) is 96.8 Å². The zero-order chi connectivity index (χ0) is 21.3. The predicted octanol–water partition coefficient (Wildman–Crippen LogP) is 5.94. The van der Waals surface area contributed by atoms with Crippen LogP contribution < -0.4 is 0 Å². The number of nitrogens with zero attached hydrogens (tertiary/aromatic N) is 1. The van der Waals surface area contributed by atoms with E-state index in [0.717, 1.165) is 51.5 Å². The number of ether oxygens (including phenoxy) is 1. The molecule has 4 heteroatoms. The summed E-state index contributed by atoms with van der Waals surface area (Å²) in [6.07, 6.45) is 19.5. The fourth-order valence-corrected chi connectivity index (χ4v) is 4.31. The van der Waals surface area contributed by atoms with E-state index in [1.54, 1.807) is 6.08 Å². The summed E-state index contributed by atoms with van der Waals surface area (Å²) in [5.74, 6) is 1.18. The summed E-state index contributed by atoms with van der Waals surface area (Å²) < 4.78 is 5.18. The number of carbonyl (C=O) groups excluding carboxylic acids is 2. The summed E-state index contributed by atoms with van der Waals surface area (Å²) in [5.41, 5.74) is 0. The first-order valence-corrected chi connectivity index (χ1v) is 12.0. The Balaban J connectivity index is 2.10. The van der Waals surface area contributed by atoms with Gasteiger partial charge in [-0.1, -0.05) is 57.9 Å². The third-order valence-corrected chi connectivity index (χ3v) is 6.06. The third-order valence-electron chi connectivity index (χ3n) is 6.06. The Kier molecular flexibility index (Phi) is 14.8. The Labute approximate surface area is 179 Å². The molecule has 0 aromatic carbocycles. The average Bonchev–Trinajstić information content (AvgIpc) is 3.04. The molecule has 29 heavy (non-hydrogen) atoms. The molecule has 168 valence electrons. The molecule has 1 fully saturated rings. The van der Waals surface area contributed by atoms with Crippen LogP contribution in [0.25, 0.3) is 0 Å². The Morgan fingerprint density at radius 1 is 1.03 bits per heavy atom. The summed E-state index contributed by atoms with van der Waals surface area (Å²) in [6.45, 7) is 3.66. The van der Waals surface area contributed by atoms with E-state index in [1.165, 1.54) is 44.9 Å². The fourth-order valence-electron chi connectivity index (χ4n) is 4.31. The number of Topliss-reactive ketones (excluding diaryl/α,β-unsaturated/α-hetero) is 1. The van der Waals surface area contributed by atoms with Crippen LogP contribution in [0.5, 0.6) is 0 Å². The lowest BCUT2D eigenvalue weighted by Crippen LogP contribution is -2.15. The molecule has 0 amide bonds. The molecule has 0 saturated heterocycles. The number of ketones is 1. The zero-order valence-corrected chi connectivity index (χ0v) is 19.3. The minimum absolute atomic E-state index is 0.242. The van der Waals surface area contributed by atoms with Gasteiger partial charge in [-0.3, -0.25) is 4.79 Å². The molecular formula is C25H45NO3. The molecular weight excluding hydrogens is 362 g/mol. The van der Waals surface area contributed by atoms with Gasteiger partial charge >= 0.3 is 5.97 Å². The molecule has 0 unspecified atom stereocenters. The van der Waals surface area contributed by atoms with Gasteiger partial charge in [0.1, 0.15) is 5.78 Å². The molecule has 1 aliphatic carbocycles. The van der Waals surface area contributed by atoms with Crippen LogP contribution in [0, 0.1) is 11.8 Å². The largest absolute Gasteiger partial charge is 0.462 e. The minimum atomic E-state index is -0.242. The summed E-state index contributed by atoms with van der Waals surface area (Å²) >= 11 is 0. The Morgan fingerprint density at radius 2 is 1.76 bits per heavy atom. The van der Waals surface area contributed by atoms with Crippen molar-refractivity contribution in [3.63, 3.8) is 0 Å². The Morgan fingerprint density at radius 3 is 2.52 bits per heavy atom. The minimum Gasteiger partial charge on any atom is -0.462 e. The van der Waals surface area contributed by atoms with E-state index < -0.39 is 0 Å². The highest BCUT2D eigenvalue weighted by Gasteiger charge is 2.33. The van der Waals surface area contributed by atoms with Gasteiger partial charge in [-0.2, -0.15) is 0 Å². The lowest BCUT2D eigenvalue weighted by molar-refractivity contribution is -0.137. The first-order valence-electron chi connectivity index (χ1n) is 12.0. The van der Waals surface area contributed by atoms with E-state index in [4.69, 9.17) is 4.74 Å². The van der Waals surface area contributed by atoms with E-state index in [-0.39, 0.29) is 5.97 Å². The number of hydrogen-bond acceptors (Lipinski definition) is 4. The number of esters is 1. The van der Waals surface area contributed by atoms with Crippen molar-refractivity contribution < 1.29 is 14.3 Å². The van der Waals surface area contributed by atoms with Crippen LogP contribution in [-0.2, 0) is 14.3 Å². The standard InChI is InChI=1S/C25H45NO3/c1-4-5-6-7-8-11-15-22-18-19-24(27)23(22)16-12-9-10-13-17-25(28)29-21-14-20-26(2)3/h13,17,22-23H,4-12,14-16,18-21H2,1-3H3/t22-,23+/m0/s1. The molecule has 1 rings (SSSR count). The van der Waals surface area contributed by atoms with Gasteiger partial charge in [0, 0.05) is 25.0 Å². The average molecular weight is 408 g/mol. The molecule has 0 bridgehead atoms. The lowest BCUT2D eigenvalue weighted by atomic mass is 9.86. The zero-order valence-electron chi connectivity index (χ0n) is 19.3. The van der Waals surface area contributed by atoms with Crippen molar-refractivity contribution in [3.05, 3.63) is 12.2 Å². The maximum absolute atomic E-state index is 12.3. The normalized spacial score (nSPS) is 19.5. The van der Waals surface area contributed by atoms with Crippen LogP contribution in [-0.4, -0.2) is 43.9 Å². The molecule has 0 aliphatic heterocycles. The molecule has 1 saturated carbocycles. The molecule has 1 aliphatic rings. The van der Waals surface area contributed by atoms with Gasteiger partial charge in [0.15, 0.2) is 0 Å². The van der Waals surface area contributed by atoms with E-state index in [0.29, 0.717) is 24.2 Å². The fraction of sp³-hybridized carbons (Fsp3) is 0.840. The van der Waals surface area contributed by atoms with E-state index in [2.05, 4.69) is 11.8 Å². The van der Waals surface area contributed by atoms with Gasteiger partial charge in [0.2, 0.25) is 0 Å². The molecule has 4 nitrogen and oxygen atoms in total. The van der Waals surface area contributed by atoms with Gasteiger partial charge < -0.3 is 9.64 Å². The second kappa shape index (κ2) is 16.6. The van der Waals surface area contributed by atoms with Crippen LogP contribution in [0.3, 0.4) is 0 Å². The highest BCUT2D eigenvalue weighted by molar-refractivity contribution is 5.83. The van der Waals surface area contributed by atoms with Crippen LogP contribution in [0.15, 0.2) is 12.2 Å². The van der Waals surface area contributed by atoms with Crippen molar-refractivity contribution >= 4 is 11.8 Å². The summed E-state index contributed by atoms with van der Waals surface area (Å²) in [4.78, 5) is 26.0. The van der Waals surface area contributed by atoms with Gasteiger partial charge in [0.05, 0.1) is 6.61 Å². The molecule has 0 radical (unpaired) electrons. The van der Waals surface area contributed by atoms with E-state index in [1.807, 2.05) is 20.2 Å². The summed E-state index contributed by atoms with van der Waals surface area (Å²) in [5, 5.41) is 0. The summed E-state index contributed by atoms with van der Waals surface area (Å²) in [7, 11) is 4.02. The molecule has 2 atom stereocenters. The monoisotopic (exact) mass is 407 g/mol. The number of hydrogen-bond donors (Lipinski definition) is 0. The molecule has 0 aromatic heterocycles. The van der Waals surface area contributed by atoms with Gasteiger partial charge in [-0.15, -0.1) is 0 Å². The molecule has 0 N–H and O–H groups in total. The first-order chi connectivity index (χ1) is 14.0. The van der Waals surface area contributed by atoms with Crippen molar-refractivity contribution in [3.8, 4) is 0 Å². The second-order valence-electron chi connectivity index (χ2n) is 8.94. The van der Waals surface area contributed by atoms with Gasteiger partial charge in [-0.25, -0.2) is 4.79 Å². The number of carbonyl (C=O) groups is 2. The molecule has 0 aromatic rings. The van der Waals surface area contributed by atoms with Crippen LogP contribution in [0.2, 0.25) is 0 Å². The number of rotatable bonds is 17. The highest BCUT2D eigenvalue weighted by Crippen LogP contribution is 2.36.